The molecule has 3 aromatic heterocycles. The summed E-state index contributed by atoms with van der Waals surface area (Å²) in [5.74, 6) is 1.93. The molecule has 0 amide bonds. The molecule has 0 radical (unpaired) electrons. The summed E-state index contributed by atoms with van der Waals surface area (Å²) < 4.78 is 4.82. The average Bonchev–Trinajstić information content (AvgIpc) is 3.74. The molecule has 3 heterocycles. The molecule has 0 bridgehead atoms. The molecule has 0 unspecified atom stereocenters. The van der Waals surface area contributed by atoms with E-state index in [4.69, 9.17) is 15.0 Å². The number of pyridine rings is 1. The summed E-state index contributed by atoms with van der Waals surface area (Å²) in [5.41, 5.74) is 6.35. The van der Waals surface area contributed by atoms with Crippen molar-refractivity contribution in [2.75, 3.05) is 0 Å². The molecule has 0 aliphatic rings. The number of rotatable bonds is 28. The largest absolute Gasteiger partial charge is 3.00 e. The Hall–Kier alpha value is -2.02. The number of fused-ring (bicyclic) bond motifs is 2. The predicted octanol–water partition coefficient (Wildman–Crippen LogP) is 5.53. The first kappa shape index (κ1) is 52.0. The summed E-state index contributed by atoms with van der Waals surface area (Å²) in [6.07, 6.45) is 32.6. The smallest absolute Gasteiger partial charge is 1.00 e. The van der Waals surface area contributed by atoms with Crippen LogP contribution in [0.3, 0.4) is 0 Å². The Kier molecular flexibility index (Phi) is 28.8. The Morgan fingerprint density at radius 1 is 0.357 bits per heavy atom. The zero-order chi connectivity index (χ0) is 36.1. The second kappa shape index (κ2) is 31.0. The van der Waals surface area contributed by atoms with Crippen molar-refractivity contribution in [1.82, 2.24) is 24.1 Å². The molecule has 308 valence electrons. The Bertz CT molecular complexity index is 1600. The van der Waals surface area contributed by atoms with E-state index in [0.717, 1.165) is 47.2 Å². The van der Waals surface area contributed by atoms with E-state index in [2.05, 4.69) is 89.7 Å². The molecule has 9 heteroatoms. The van der Waals surface area contributed by atoms with Gasteiger partial charge in [0.2, 0.25) is 0 Å². The van der Waals surface area contributed by atoms with Gasteiger partial charge in [-0.1, -0.05) is 185 Å². The van der Waals surface area contributed by atoms with Crippen LogP contribution < -0.4 is 37.2 Å². The molecule has 5 aromatic rings. The molecule has 0 aliphatic carbocycles. The number of imidazole rings is 2. The minimum atomic E-state index is 0. The Morgan fingerprint density at radius 3 is 1.00 bits per heavy atom. The van der Waals surface area contributed by atoms with Gasteiger partial charge in [-0.25, -0.2) is 15.0 Å². The van der Waals surface area contributed by atoms with Crippen LogP contribution in [0.5, 0.6) is 0 Å². The van der Waals surface area contributed by atoms with Gasteiger partial charge in [-0.05, 0) is 49.2 Å². The molecule has 56 heavy (non-hydrogen) atoms. The van der Waals surface area contributed by atoms with Crippen LogP contribution in [0, 0.1) is 0 Å². The monoisotopic (exact) mass is 859 g/mol. The normalized spacial score (nSPS) is 10.9. The van der Waals surface area contributed by atoms with Crippen molar-refractivity contribution in [3.8, 4) is 23.0 Å². The van der Waals surface area contributed by atoms with Gasteiger partial charge in [0.15, 0.2) is 11.6 Å². The Labute approximate surface area is 370 Å². The van der Waals surface area contributed by atoms with Crippen molar-refractivity contribution in [3.63, 3.8) is 0 Å². The van der Waals surface area contributed by atoms with Crippen molar-refractivity contribution in [2.24, 2.45) is 0 Å². The fourth-order valence-corrected chi connectivity index (χ4v) is 7.90. The molecular formula is C47H69Cl3N5V. The van der Waals surface area contributed by atoms with Gasteiger partial charge in [0.1, 0.15) is 11.4 Å². The van der Waals surface area contributed by atoms with Crippen LogP contribution in [-0.4, -0.2) is 24.1 Å². The third-order valence-corrected chi connectivity index (χ3v) is 11.0. The fourth-order valence-electron chi connectivity index (χ4n) is 7.90. The minimum absolute atomic E-state index is 0. The van der Waals surface area contributed by atoms with Gasteiger partial charge in [0, 0.05) is 13.1 Å². The Morgan fingerprint density at radius 2 is 0.661 bits per heavy atom. The van der Waals surface area contributed by atoms with Gasteiger partial charge >= 0.3 is 18.6 Å². The van der Waals surface area contributed by atoms with Crippen LogP contribution in [0.2, 0.25) is 0 Å². The molecule has 5 rings (SSSR count). The van der Waals surface area contributed by atoms with Crippen LogP contribution in [0.1, 0.15) is 168 Å². The molecule has 5 nitrogen and oxygen atoms in total. The topological polar surface area (TPSA) is 48.5 Å². The third-order valence-electron chi connectivity index (χ3n) is 11.0. The number of halogens is 3. The number of hydrogen-bond donors (Lipinski definition) is 0. The summed E-state index contributed by atoms with van der Waals surface area (Å²) in [6.45, 7) is 6.53. The second-order valence-corrected chi connectivity index (χ2v) is 15.3. The van der Waals surface area contributed by atoms with Crippen molar-refractivity contribution >= 4 is 22.1 Å². The van der Waals surface area contributed by atoms with Gasteiger partial charge in [0.25, 0.3) is 0 Å². The summed E-state index contributed by atoms with van der Waals surface area (Å²) in [4.78, 5) is 15.6. The van der Waals surface area contributed by atoms with Gasteiger partial charge < -0.3 is 46.4 Å². The maximum atomic E-state index is 5.28. The van der Waals surface area contributed by atoms with Gasteiger partial charge in [-0.15, -0.1) is 0 Å². The van der Waals surface area contributed by atoms with E-state index in [1.165, 1.54) is 165 Å². The SMILES string of the molecule is CCCCCCCCCCCCCCn1c(-c2cccc(-c3nc4ccccc4n3CCCCCCCCCCCCCC)n2)nc2ccccc21.[Cl-].[Cl-].[Cl-].[V+3]. The predicted molar refractivity (Wildman–Crippen MR) is 224 cm³/mol. The first-order valence-electron chi connectivity index (χ1n) is 21.7. The third kappa shape index (κ3) is 16.7. The molecule has 0 N–H and O–H groups in total. The van der Waals surface area contributed by atoms with Gasteiger partial charge in [0.05, 0.1) is 22.1 Å². The first-order valence-corrected chi connectivity index (χ1v) is 21.7. The molecule has 0 saturated heterocycles. The van der Waals surface area contributed by atoms with Gasteiger partial charge in [-0.2, -0.15) is 0 Å². The molecule has 0 saturated carbocycles. The van der Waals surface area contributed by atoms with Crippen LogP contribution in [0.15, 0.2) is 66.7 Å². The van der Waals surface area contributed by atoms with Crippen LogP contribution in [-0.2, 0) is 31.6 Å². The first-order chi connectivity index (χ1) is 25.8. The number of para-hydroxylation sites is 4. The molecule has 0 aliphatic heterocycles. The van der Waals surface area contributed by atoms with Crippen LogP contribution in [0.25, 0.3) is 45.1 Å². The number of hydrogen-bond acceptors (Lipinski definition) is 3. The van der Waals surface area contributed by atoms with E-state index < -0.39 is 0 Å². The zero-order valence-electron chi connectivity index (χ0n) is 34.6. The summed E-state index contributed by atoms with van der Waals surface area (Å²) in [7, 11) is 0. The maximum Gasteiger partial charge on any atom is 3.00 e. The molecule has 0 spiro atoms. The molecular weight excluding hydrogens is 792 g/mol. The van der Waals surface area contributed by atoms with Gasteiger partial charge in [-0.3, -0.25) is 0 Å². The molecule has 2 aromatic carbocycles. The van der Waals surface area contributed by atoms with Crippen LogP contribution in [0.4, 0.5) is 0 Å². The van der Waals surface area contributed by atoms with Crippen molar-refractivity contribution in [1.29, 1.82) is 0 Å². The van der Waals surface area contributed by atoms with E-state index in [1.54, 1.807) is 0 Å². The summed E-state index contributed by atoms with van der Waals surface area (Å²) >= 11 is 0. The van der Waals surface area contributed by atoms with E-state index >= 15 is 0 Å². The van der Waals surface area contributed by atoms with E-state index in [-0.39, 0.29) is 55.8 Å². The number of benzene rings is 2. The number of nitrogens with zero attached hydrogens (tertiary/aromatic N) is 5. The van der Waals surface area contributed by atoms with Crippen LogP contribution >= 0.6 is 0 Å². The van der Waals surface area contributed by atoms with E-state index in [1.807, 2.05) is 0 Å². The van der Waals surface area contributed by atoms with Crippen molar-refractivity contribution < 1.29 is 55.8 Å². The van der Waals surface area contributed by atoms with Crippen molar-refractivity contribution in [3.05, 3.63) is 66.7 Å². The molecule has 0 atom stereocenters. The Balaban J connectivity index is 0.00000392. The maximum absolute atomic E-state index is 5.28. The van der Waals surface area contributed by atoms with E-state index in [0.29, 0.717) is 0 Å². The molecule has 0 fully saturated rings. The van der Waals surface area contributed by atoms with E-state index in [9.17, 15) is 0 Å². The summed E-state index contributed by atoms with van der Waals surface area (Å²) in [5, 5.41) is 0. The number of unbranched alkanes of at least 4 members (excludes halogenated alkanes) is 22. The standard InChI is InChI=1S/C47H69N5.3ClH.V/c1-3-5-7-9-11-13-15-17-19-21-23-29-38-51-44-36-27-25-32-40(44)49-46(51)42-34-31-35-43(48-42)47-50-41-33-26-28-37-45(41)52(47)39-30-24-22-20-18-16-14-12-10-8-6-4-2;;;;/h25-28,31-37H,3-24,29-30,38-39H2,1-2H3;3*1H;/q;;;;+3/p-3. The minimum Gasteiger partial charge on any atom is -1.00 e. The fraction of sp³-hybridized carbons (Fsp3) is 0.596. The summed E-state index contributed by atoms with van der Waals surface area (Å²) in [6, 6.07) is 23.5. The zero-order valence-corrected chi connectivity index (χ0v) is 38.2. The number of aryl methyl sites for hydroxylation is 2. The average molecular weight is 861 g/mol. The second-order valence-electron chi connectivity index (χ2n) is 15.3. The quantitative estimate of drug-likeness (QED) is 0.0623. The number of aromatic nitrogens is 5. The van der Waals surface area contributed by atoms with Crippen molar-refractivity contribution in [2.45, 2.75) is 181 Å².